The molecule has 1 aliphatic heterocycles. The van der Waals surface area contributed by atoms with Gasteiger partial charge in [0, 0.05) is 18.7 Å². The van der Waals surface area contributed by atoms with Crippen LogP contribution in [0.25, 0.3) is 0 Å². The van der Waals surface area contributed by atoms with E-state index in [-0.39, 0.29) is 12.5 Å². The number of aliphatic carboxylic acids is 1. The Kier molecular flexibility index (Phi) is 4.42. The minimum Gasteiger partial charge on any atom is -0.481 e. The van der Waals surface area contributed by atoms with Gasteiger partial charge in [0.2, 0.25) is 5.91 Å². The van der Waals surface area contributed by atoms with E-state index in [9.17, 15) is 14.7 Å². The third-order valence-electron chi connectivity index (χ3n) is 4.13. The molecular weight excluding hydrogens is 254 g/mol. The molecule has 1 amide bonds. The molecule has 0 aromatic heterocycles. The van der Waals surface area contributed by atoms with Crippen LogP contribution in [-0.4, -0.2) is 23.5 Å². The van der Waals surface area contributed by atoms with Crippen molar-refractivity contribution in [2.75, 3.05) is 11.4 Å². The van der Waals surface area contributed by atoms with Gasteiger partial charge in [-0.3, -0.25) is 9.59 Å². The molecule has 0 aliphatic carbocycles. The number of carboxylic acid groups (broad SMARTS) is 1. The summed E-state index contributed by atoms with van der Waals surface area (Å²) in [5.41, 5.74) is 1.99. The summed E-state index contributed by atoms with van der Waals surface area (Å²) in [5.74, 6) is -0.899. The minimum absolute atomic E-state index is 0.0262. The average molecular weight is 275 g/mol. The summed E-state index contributed by atoms with van der Waals surface area (Å²) < 4.78 is 0. The van der Waals surface area contributed by atoms with Crippen molar-refractivity contribution in [1.82, 2.24) is 0 Å². The number of carboxylic acids is 1. The van der Waals surface area contributed by atoms with E-state index < -0.39 is 11.9 Å². The van der Waals surface area contributed by atoms with Crippen LogP contribution >= 0.6 is 0 Å². The van der Waals surface area contributed by atoms with Gasteiger partial charge in [0.15, 0.2) is 0 Å². The molecule has 108 valence electrons. The van der Waals surface area contributed by atoms with Gasteiger partial charge >= 0.3 is 5.97 Å². The highest BCUT2D eigenvalue weighted by atomic mass is 16.4. The number of rotatable bonds is 4. The van der Waals surface area contributed by atoms with Gasteiger partial charge in [0.1, 0.15) is 0 Å². The van der Waals surface area contributed by atoms with E-state index in [1.165, 1.54) is 0 Å². The molecule has 0 bridgehead atoms. The van der Waals surface area contributed by atoms with Crippen LogP contribution in [-0.2, 0) is 9.59 Å². The van der Waals surface area contributed by atoms with Crippen molar-refractivity contribution < 1.29 is 14.7 Å². The maximum absolute atomic E-state index is 12.2. The Morgan fingerprint density at radius 3 is 2.80 bits per heavy atom. The zero-order valence-electron chi connectivity index (χ0n) is 12.0. The lowest BCUT2D eigenvalue weighted by molar-refractivity contribution is -0.142. The number of para-hydroxylation sites is 1. The van der Waals surface area contributed by atoms with Crippen molar-refractivity contribution in [3.8, 4) is 0 Å². The fourth-order valence-corrected chi connectivity index (χ4v) is 2.65. The Bertz CT molecular complexity index is 512. The standard InChI is InChI=1S/C16H21NO3/c1-3-11(2)13-6-4-5-7-14(13)17-10-12(16(19)20)8-9-15(17)18/h4-7,11-12H,3,8-10H2,1-2H3,(H,19,20). The third kappa shape index (κ3) is 2.84. The van der Waals surface area contributed by atoms with Crippen molar-refractivity contribution in [2.45, 2.75) is 39.0 Å². The number of carbonyl (C=O) groups is 2. The Balaban J connectivity index is 2.34. The molecule has 2 rings (SSSR count). The number of benzene rings is 1. The maximum atomic E-state index is 12.2. The number of hydrogen-bond acceptors (Lipinski definition) is 2. The van der Waals surface area contributed by atoms with Gasteiger partial charge in [0.05, 0.1) is 5.92 Å². The number of carbonyl (C=O) groups excluding carboxylic acids is 1. The lowest BCUT2D eigenvalue weighted by Gasteiger charge is -2.33. The van der Waals surface area contributed by atoms with E-state index in [2.05, 4.69) is 13.8 Å². The molecule has 4 nitrogen and oxygen atoms in total. The van der Waals surface area contributed by atoms with Crippen LogP contribution < -0.4 is 4.90 Å². The molecule has 1 heterocycles. The van der Waals surface area contributed by atoms with Gasteiger partial charge in [-0.2, -0.15) is 0 Å². The molecule has 4 heteroatoms. The summed E-state index contributed by atoms with van der Waals surface area (Å²) in [6.45, 7) is 4.52. The first-order valence-corrected chi connectivity index (χ1v) is 7.16. The van der Waals surface area contributed by atoms with E-state index >= 15 is 0 Å². The predicted molar refractivity (Wildman–Crippen MR) is 77.9 cm³/mol. The molecule has 1 N–H and O–H groups in total. The second-order valence-corrected chi connectivity index (χ2v) is 5.45. The number of nitrogens with zero attached hydrogens (tertiary/aromatic N) is 1. The first-order valence-electron chi connectivity index (χ1n) is 7.16. The summed E-state index contributed by atoms with van der Waals surface area (Å²) in [4.78, 5) is 25.0. The first-order chi connectivity index (χ1) is 9.54. The normalized spacial score (nSPS) is 20.8. The van der Waals surface area contributed by atoms with E-state index in [4.69, 9.17) is 0 Å². The Morgan fingerprint density at radius 1 is 1.45 bits per heavy atom. The highest BCUT2D eigenvalue weighted by Crippen LogP contribution is 2.32. The molecule has 1 aromatic rings. The molecule has 0 saturated carbocycles. The highest BCUT2D eigenvalue weighted by molar-refractivity contribution is 5.96. The summed E-state index contributed by atoms with van der Waals surface area (Å²) >= 11 is 0. The van der Waals surface area contributed by atoms with Gasteiger partial charge in [-0.1, -0.05) is 32.0 Å². The Labute approximate surface area is 119 Å². The van der Waals surface area contributed by atoms with Crippen LogP contribution in [0, 0.1) is 5.92 Å². The maximum Gasteiger partial charge on any atom is 0.308 e. The fraction of sp³-hybridized carbons (Fsp3) is 0.500. The van der Waals surface area contributed by atoms with Gasteiger partial charge in [0.25, 0.3) is 0 Å². The number of anilines is 1. The van der Waals surface area contributed by atoms with Gasteiger partial charge in [-0.05, 0) is 30.4 Å². The van der Waals surface area contributed by atoms with Crippen LogP contribution in [0.5, 0.6) is 0 Å². The Hall–Kier alpha value is -1.84. The SMILES string of the molecule is CCC(C)c1ccccc1N1CC(C(=O)O)CCC1=O. The van der Waals surface area contributed by atoms with Crippen LogP contribution in [0.1, 0.15) is 44.6 Å². The summed E-state index contributed by atoms with van der Waals surface area (Å²) in [6, 6.07) is 7.82. The van der Waals surface area contributed by atoms with E-state index in [0.29, 0.717) is 18.8 Å². The molecule has 0 radical (unpaired) electrons. The average Bonchev–Trinajstić information content (AvgIpc) is 2.46. The summed E-state index contributed by atoms with van der Waals surface area (Å²) in [6.07, 6.45) is 1.74. The van der Waals surface area contributed by atoms with Crippen molar-refractivity contribution in [2.24, 2.45) is 5.92 Å². The van der Waals surface area contributed by atoms with Crippen molar-refractivity contribution >= 4 is 17.6 Å². The predicted octanol–water partition coefficient (Wildman–Crippen LogP) is 3.03. The lowest BCUT2D eigenvalue weighted by atomic mass is 9.93. The van der Waals surface area contributed by atoms with Gasteiger partial charge in [-0.15, -0.1) is 0 Å². The zero-order chi connectivity index (χ0) is 14.7. The van der Waals surface area contributed by atoms with Gasteiger partial charge in [-0.25, -0.2) is 0 Å². The minimum atomic E-state index is -0.816. The van der Waals surface area contributed by atoms with Crippen LogP contribution in [0.15, 0.2) is 24.3 Å². The van der Waals surface area contributed by atoms with Crippen LogP contribution in [0.4, 0.5) is 5.69 Å². The zero-order valence-corrected chi connectivity index (χ0v) is 12.0. The van der Waals surface area contributed by atoms with Crippen LogP contribution in [0.2, 0.25) is 0 Å². The number of piperidine rings is 1. The van der Waals surface area contributed by atoms with Crippen LogP contribution in [0.3, 0.4) is 0 Å². The quantitative estimate of drug-likeness (QED) is 0.919. The van der Waals surface area contributed by atoms with Crippen molar-refractivity contribution in [3.05, 3.63) is 29.8 Å². The van der Waals surface area contributed by atoms with Crippen molar-refractivity contribution in [1.29, 1.82) is 0 Å². The topological polar surface area (TPSA) is 57.6 Å². The molecule has 1 fully saturated rings. The second-order valence-electron chi connectivity index (χ2n) is 5.45. The monoisotopic (exact) mass is 275 g/mol. The number of amides is 1. The lowest BCUT2D eigenvalue weighted by Crippen LogP contribution is -2.43. The summed E-state index contributed by atoms with van der Waals surface area (Å²) in [5, 5.41) is 9.18. The molecule has 1 aliphatic rings. The largest absolute Gasteiger partial charge is 0.481 e. The summed E-state index contributed by atoms with van der Waals surface area (Å²) in [7, 11) is 0. The van der Waals surface area contributed by atoms with Gasteiger partial charge < -0.3 is 10.0 Å². The van der Waals surface area contributed by atoms with E-state index in [0.717, 1.165) is 17.7 Å². The third-order valence-corrected chi connectivity index (χ3v) is 4.13. The van der Waals surface area contributed by atoms with E-state index in [1.54, 1.807) is 4.90 Å². The molecule has 20 heavy (non-hydrogen) atoms. The molecule has 1 saturated heterocycles. The first kappa shape index (κ1) is 14.6. The number of hydrogen-bond donors (Lipinski definition) is 1. The highest BCUT2D eigenvalue weighted by Gasteiger charge is 2.32. The second kappa shape index (κ2) is 6.07. The fourth-order valence-electron chi connectivity index (χ4n) is 2.65. The molecule has 1 aromatic carbocycles. The molecule has 0 spiro atoms. The smallest absolute Gasteiger partial charge is 0.308 e. The van der Waals surface area contributed by atoms with Crippen molar-refractivity contribution in [3.63, 3.8) is 0 Å². The molecule has 2 atom stereocenters. The molecular formula is C16H21NO3. The molecule has 2 unspecified atom stereocenters. The Morgan fingerprint density at radius 2 is 2.15 bits per heavy atom. The van der Waals surface area contributed by atoms with E-state index in [1.807, 2.05) is 24.3 Å².